The van der Waals surface area contributed by atoms with Gasteiger partial charge in [0, 0.05) is 54.4 Å². The predicted molar refractivity (Wildman–Crippen MR) is 207 cm³/mol. The number of imidazole rings is 1. The van der Waals surface area contributed by atoms with E-state index in [4.69, 9.17) is 19.2 Å². The Kier molecular flexibility index (Phi) is 8.87. The van der Waals surface area contributed by atoms with Crippen molar-refractivity contribution in [3.05, 3.63) is 136 Å². The molecule has 0 bridgehead atoms. The summed E-state index contributed by atoms with van der Waals surface area (Å²) in [5.41, 5.74) is 1.88. The molecule has 5 aromatic carbocycles. The zero-order valence-electron chi connectivity index (χ0n) is 31.2. The highest BCUT2D eigenvalue weighted by Crippen LogP contribution is 2.50. The summed E-state index contributed by atoms with van der Waals surface area (Å²) in [5, 5.41) is 17.7. The number of anilines is 1. The molecule has 7 aromatic rings. The van der Waals surface area contributed by atoms with Crippen molar-refractivity contribution in [1.29, 1.82) is 5.26 Å². The lowest BCUT2D eigenvalue weighted by Crippen LogP contribution is -2.48. The monoisotopic (exact) mass is 817 g/mol. The fourth-order valence-corrected chi connectivity index (χ4v) is 7.90. The van der Waals surface area contributed by atoms with Crippen molar-refractivity contribution in [1.82, 2.24) is 19.7 Å². The van der Waals surface area contributed by atoms with Gasteiger partial charge in [-0.15, -0.1) is 0 Å². The average Bonchev–Trinajstić information content (AvgIpc) is 3.85. The molecule has 0 aliphatic carbocycles. The Hall–Kier alpha value is -6.57. The van der Waals surface area contributed by atoms with Crippen LogP contribution < -0.4 is 14.8 Å². The Morgan fingerprint density at radius 1 is 1.03 bits per heavy atom. The predicted octanol–water partition coefficient (Wildman–Crippen LogP) is 8.83. The van der Waals surface area contributed by atoms with Crippen LogP contribution in [0.3, 0.4) is 0 Å². The molecule has 2 aromatic heterocycles. The number of nitrogens with one attached hydrogen (secondary N) is 2. The number of nitriles is 1. The van der Waals surface area contributed by atoms with Crippen LogP contribution in [0.5, 0.6) is 11.5 Å². The topological polar surface area (TPSA) is 127 Å². The number of hydrogen-bond acceptors (Lipinski definition) is 7. The summed E-state index contributed by atoms with van der Waals surface area (Å²) in [6, 6.07) is 22.9. The van der Waals surface area contributed by atoms with E-state index in [1.54, 1.807) is 62.4 Å². The highest BCUT2D eigenvalue weighted by atomic mass is 28.1. The normalized spacial score (nSPS) is 18.6. The van der Waals surface area contributed by atoms with Crippen LogP contribution in [0.2, 0.25) is 0 Å². The van der Waals surface area contributed by atoms with Crippen molar-refractivity contribution in [2.24, 2.45) is 0 Å². The largest absolute Gasteiger partial charge is 0.444 e. The summed E-state index contributed by atoms with van der Waals surface area (Å²) >= 11 is 0. The van der Waals surface area contributed by atoms with Gasteiger partial charge in [0.15, 0.2) is 11.5 Å². The number of fused-ring (bicyclic) bond motifs is 3. The van der Waals surface area contributed by atoms with Gasteiger partial charge in [0.2, 0.25) is 0 Å². The van der Waals surface area contributed by atoms with Gasteiger partial charge >= 0.3 is 6.18 Å². The first-order valence-corrected chi connectivity index (χ1v) is 18.9. The first kappa shape index (κ1) is 38.0. The zero-order chi connectivity index (χ0) is 41.4. The Bertz CT molecular complexity index is 2920. The van der Waals surface area contributed by atoms with Gasteiger partial charge in [0.05, 0.1) is 49.3 Å². The van der Waals surface area contributed by atoms with E-state index in [0.29, 0.717) is 76.0 Å². The lowest BCUT2D eigenvalue weighted by Gasteiger charge is -2.39. The third-order valence-electron chi connectivity index (χ3n) is 10.7. The summed E-state index contributed by atoms with van der Waals surface area (Å²) in [7, 11) is 3.73. The molecule has 0 saturated carbocycles. The Labute approximate surface area is 336 Å². The smallest absolute Gasteiger partial charge is 0.418 e. The third kappa shape index (κ3) is 6.75. The minimum atomic E-state index is -4.74. The zero-order valence-corrected chi connectivity index (χ0v) is 32.2. The van der Waals surface area contributed by atoms with Crippen LogP contribution >= 0.6 is 0 Å². The maximum absolute atomic E-state index is 16.1. The Morgan fingerprint density at radius 2 is 1.85 bits per heavy atom. The minimum absolute atomic E-state index is 0.0671. The van der Waals surface area contributed by atoms with E-state index in [0.717, 1.165) is 12.1 Å². The van der Waals surface area contributed by atoms with Crippen molar-refractivity contribution in [2.75, 3.05) is 11.9 Å². The van der Waals surface area contributed by atoms with E-state index >= 15 is 8.78 Å². The molecule has 295 valence electrons. The number of ether oxygens (including phenoxy) is 3. The number of hydrogen-bond donors (Lipinski definition) is 2. The van der Waals surface area contributed by atoms with E-state index in [9.17, 15) is 23.2 Å². The van der Waals surface area contributed by atoms with Gasteiger partial charge in [-0.3, -0.25) is 9.89 Å². The number of carbonyl (C=O) groups is 1. The van der Waals surface area contributed by atoms with E-state index < -0.39 is 40.3 Å². The number of aryl methyl sites for hydroxylation is 1. The number of alkyl halides is 3. The van der Waals surface area contributed by atoms with E-state index in [1.165, 1.54) is 24.3 Å². The quantitative estimate of drug-likeness (QED) is 0.116. The SMILES string of the molecule is Cc1[nH]nc2c(C(F)(F)F)cc(C(=O)Nc3ccc4c(c3)nc(Cc3ccc(-c5cccc6c5OC(C)(c5ccc(C#N)cc5F)O6)cc3F)n4C[C@]3([Si])CCO3)cc12. The molecule has 1 amide bonds. The van der Waals surface area contributed by atoms with Gasteiger partial charge in [-0.2, -0.15) is 23.5 Å². The van der Waals surface area contributed by atoms with E-state index in [1.807, 2.05) is 10.6 Å². The maximum Gasteiger partial charge on any atom is 0.418 e. The number of benzene rings is 5. The van der Waals surface area contributed by atoms with Gasteiger partial charge < -0.3 is 24.1 Å². The highest BCUT2D eigenvalue weighted by molar-refractivity contribution is 6.15. The molecule has 4 heterocycles. The summed E-state index contributed by atoms with van der Waals surface area (Å²) in [6.07, 6.45) is -3.96. The lowest BCUT2D eigenvalue weighted by molar-refractivity contribution is -0.136. The van der Waals surface area contributed by atoms with Crippen LogP contribution in [-0.2, 0) is 29.7 Å². The minimum Gasteiger partial charge on any atom is -0.444 e. The van der Waals surface area contributed by atoms with Crippen molar-refractivity contribution >= 4 is 43.8 Å². The molecule has 9 rings (SSSR count). The van der Waals surface area contributed by atoms with Gasteiger partial charge in [-0.25, -0.2) is 13.8 Å². The molecule has 2 N–H and O–H groups in total. The van der Waals surface area contributed by atoms with Crippen LogP contribution in [0.15, 0.2) is 84.9 Å². The average molecular weight is 818 g/mol. The molecular formula is C43H30F5N6O4Si. The van der Waals surface area contributed by atoms with Crippen LogP contribution in [0, 0.1) is 29.9 Å². The number of carbonyl (C=O) groups excluding carboxylic acids is 1. The molecule has 0 spiro atoms. The van der Waals surface area contributed by atoms with Gasteiger partial charge in [-0.1, -0.05) is 24.3 Å². The number of nitrogens with zero attached hydrogens (tertiary/aromatic N) is 4. The Balaban J connectivity index is 1.01. The van der Waals surface area contributed by atoms with Crippen molar-refractivity contribution in [2.45, 2.75) is 50.4 Å². The summed E-state index contributed by atoms with van der Waals surface area (Å²) < 4.78 is 93.0. The molecule has 1 fully saturated rings. The first-order chi connectivity index (χ1) is 28.1. The first-order valence-electron chi connectivity index (χ1n) is 18.4. The van der Waals surface area contributed by atoms with Gasteiger partial charge in [-0.05, 0) is 85.1 Å². The number of aromatic nitrogens is 4. The molecule has 16 heteroatoms. The number of aromatic amines is 1. The summed E-state index contributed by atoms with van der Waals surface area (Å²) in [6.45, 7) is 4.02. The number of H-pyrrole nitrogens is 1. The molecule has 2 aliphatic heterocycles. The molecule has 59 heavy (non-hydrogen) atoms. The second-order valence-electron chi connectivity index (χ2n) is 14.7. The molecular weight excluding hydrogens is 788 g/mol. The highest BCUT2D eigenvalue weighted by Gasteiger charge is 2.42. The van der Waals surface area contributed by atoms with Crippen LogP contribution in [0.1, 0.15) is 57.5 Å². The summed E-state index contributed by atoms with van der Waals surface area (Å²) in [5.74, 6) is -2.36. The Morgan fingerprint density at radius 3 is 2.56 bits per heavy atom. The third-order valence-corrected chi connectivity index (χ3v) is 11.2. The standard InChI is InChI=1S/C43H30F5N6O4Si/c1-22-29-15-26(16-31(43(46,47)48)38(29)53-52-22)40(55)50-27-9-11-35-34(19-27)51-37(54(35)21-42(59)12-13-56-42)18-25-8-7-24(17-32(25)44)28-4-3-5-36-39(28)58-41(2,57-36)30-10-6-23(20-49)14-33(30)45/h3-11,14-17,19H,12-13,18,21H2,1-2H3,(H,50,55)(H,52,53)/t41?,42-/m1/s1. The van der Waals surface area contributed by atoms with Crippen LogP contribution in [0.4, 0.5) is 27.6 Å². The van der Waals surface area contributed by atoms with Crippen LogP contribution in [0.25, 0.3) is 33.1 Å². The second-order valence-corrected chi connectivity index (χ2v) is 15.6. The molecule has 1 unspecified atom stereocenters. The van der Waals surface area contributed by atoms with E-state index in [2.05, 4.69) is 25.8 Å². The van der Waals surface area contributed by atoms with Gasteiger partial charge in [0.1, 0.15) is 23.0 Å². The number of rotatable bonds is 8. The van der Waals surface area contributed by atoms with Crippen molar-refractivity contribution < 1.29 is 41.0 Å². The lowest BCUT2D eigenvalue weighted by atomic mass is 10.0. The summed E-state index contributed by atoms with van der Waals surface area (Å²) in [4.78, 5) is 18.2. The van der Waals surface area contributed by atoms with Crippen LogP contribution in [-0.4, -0.2) is 47.7 Å². The van der Waals surface area contributed by atoms with Crippen molar-refractivity contribution in [3.63, 3.8) is 0 Å². The fraction of sp³-hybridized carbons (Fsp3) is 0.209. The number of para-hydroxylation sites is 1. The fourth-order valence-electron chi connectivity index (χ4n) is 7.53. The molecule has 2 aliphatic rings. The molecule has 10 nitrogen and oxygen atoms in total. The van der Waals surface area contributed by atoms with E-state index in [-0.39, 0.29) is 34.0 Å². The second kappa shape index (κ2) is 13.8. The molecule has 1 saturated heterocycles. The molecule has 2 atom stereocenters. The maximum atomic E-state index is 16.1. The number of halogens is 5. The van der Waals surface area contributed by atoms with Crippen molar-refractivity contribution in [3.8, 4) is 28.7 Å². The number of amides is 1. The molecule has 3 radical (unpaired) electrons. The van der Waals surface area contributed by atoms with Gasteiger partial charge in [0.25, 0.3) is 11.7 Å².